The van der Waals surface area contributed by atoms with Crippen molar-refractivity contribution in [2.45, 2.75) is 0 Å². The quantitative estimate of drug-likeness (QED) is 0.829. The molecule has 0 aromatic heterocycles. The van der Waals surface area contributed by atoms with Crippen LogP contribution in [0.25, 0.3) is 0 Å². The number of amides is 1. The number of hydrogen-bond donors (Lipinski definition) is 2. The summed E-state index contributed by atoms with van der Waals surface area (Å²) < 4.78 is 11.2. The van der Waals surface area contributed by atoms with Crippen LogP contribution in [0.1, 0.15) is 10.4 Å². The van der Waals surface area contributed by atoms with E-state index in [4.69, 9.17) is 15.2 Å². The molecule has 0 aliphatic heterocycles. The van der Waals surface area contributed by atoms with Gasteiger partial charge in [-0.3, -0.25) is 4.79 Å². The zero-order valence-corrected chi connectivity index (χ0v) is 13.2. The van der Waals surface area contributed by atoms with Crippen molar-refractivity contribution in [3.63, 3.8) is 0 Å². The van der Waals surface area contributed by atoms with E-state index in [1.165, 1.54) is 7.11 Å². The maximum atomic E-state index is 12.4. The molecule has 0 aliphatic carbocycles. The molecule has 0 bridgehead atoms. The molecule has 3 N–H and O–H groups in total. The highest BCUT2D eigenvalue weighted by Crippen LogP contribution is 2.27. The second-order valence-electron chi connectivity index (χ2n) is 4.25. The minimum atomic E-state index is -0.306. The molecule has 0 saturated carbocycles. The van der Waals surface area contributed by atoms with Crippen LogP contribution in [0.4, 0.5) is 11.4 Å². The Kier molecular flexibility index (Phi) is 4.70. The largest absolute Gasteiger partial charge is 0.497 e. The van der Waals surface area contributed by atoms with Gasteiger partial charge in [0.2, 0.25) is 0 Å². The number of carbonyl (C=O) groups excluding carboxylic acids is 1. The van der Waals surface area contributed by atoms with Crippen LogP contribution in [0.2, 0.25) is 0 Å². The monoisotopic (exact) mass is 350 g/mol. The zero-order valence-electron chi connectivity index (χ0n) is 11.6. The SMILES string of the molecule is COc1ccc(N)c(NC(=O)c2ccc(Br)cc2OC)c1. The van der Waals surface area contributed by atoms with Crippen molar-refractivity contribution in [2.24, 2.45) is 0 Å². The lowest BCUT2D eigenvalue weighted by Crippen LogP contribution is -2.14. The highest BCUT2D eigenvalue weighted by Gasteiger charge is 2.14. The Morgan fingerprint density at radius 2 is 1.90 bits per heavy atom. The fourth-order valence-corrected chi connectivity index (χ4v) is 2.15. The molecule has 21 heavy (non-hydrogen) atoms. The van der Waals surface area contributed by atoms with Gasteiger partial charge in [-0.25, -0.2) is 0 Å². The van der Waals surface area contributed by atoms with Gasteiger partial charge in [0.05, 0.1) is 31.2 Å². The topological polar surface area (TPSA) is 73.6 Å². The number of methoxy groups -OCH3 is 2. The fourth-order valence-electron chi connectivity index (χ4n) is 1.81. The van der Waals surface area contributed by atoms with Crippen LogP contribution >= 0.6 is 15.9 Å². The van der Waals surface area contributed by atoms with Gasteiger partial charge in [-0.2, -0.15) is 0 Å². The summed E-state index contributed by atoms with van der Waals surface area (Å²) in [4.78, 5) is 12.4. The summed E-state index contributed by atoms with van der Waals surface area (Å²) in [6.07, 6.45) is 0. The number of rotatable bonds is 4. The van der Waals surface area contributed by atoms with Crippen molar-refractivity contribution in [3.8, 4) is 11.5 Å². The molecule has 5 nitrogen and oxygen atoms in total. The van der Waals surface area contributed by atoms with E-state index in [1.54, 1.807) is 43.5 Å². The summed E-state index contributed by atoms with van der Waals surface area (Å²) in [5.74, 6) is 0.782. The average Bonchev–Trinajstić information content (AvgIpc) is 2.49. The van der Waals surface area contributed by atoms with Crippen molar-refractivity contribution in [3.05, 3.63) is 46.4 Å². The van der Waals surface area contributed by atoms with E-state index in [-0.39, 0.29) is 5.91 Å². The number of benzene rings is 2. The standard InChI is InChI=1S/C15H15BrN2O3/c1-20-10-4-6-12(17)13(8-10)18-15(19)11-5-3-9(16)7-14(11)21-2/h3-8H,17H2,1-2H3,(H,18,19). The molecule has 0 radical (unpaired) electrons. The number of carbonyl (C=O) groups is 1. The third-order valence-corrected chi connectivity index (χ3v) is 3.41. The molecule has 2 rings (SSSR count). The Balaban J connectivity index is 2.30. The van der Waals surface area contributed by atoms with E-state index in [1.807, 2.05) is 0 Å². The van der Waals surface area contributed by atoms with Gasteiger partial charge in [0.15, 0.2) is 0 Å². The van der Waals surface area contributed by atoms with Crippen molar-refractivity contribution in [2.75, 3.05) is 25.3 Å². The summed E-state index contributed by atoms with van der Waals surface area (Å²) in [5.41, 5.74) is 7.22. The Morgan fingerprint density at radius 3 is 2.57 bits per heavy atom. The minimum Gasteiger partial charge on any atom is -0.497 e. The lowest BCUT2D eigenvalue weighted by molar-refractivity contribution is 0.102. The second-order valence-corrected chi connectivity index (χ2v) is 5.17. The number of nitrogens with one attached hydrogen (secondary N) is 1. The third-order valence-electron chi connectivity index (χ3n) is 2.92. The summed E-state index contributed by atoms with van der Waals surface area (Å²) in [5, 5.41) is 2.76. The van der Waals surface area contributed by atoms with E-state index in [0.29, 0.717) is 28.4 Å². The summed E-state index contributed by atoms with van der Waals surface area (Å²) >= 11 is 3.34. The number of ether oxygens (including phenoxy) is 2. The molecule has 0 saturated heterocycles. The molecule has 0 atom stereocenters. The number of halogens is 1. The lowest BCUT2D eigenvalue weighted by atomic mass is 10.1. The Hall–Kier alpha value is -2.21. The van der Waals surface area contributed by atoms with Gasteiger partial charge >= 0.3 is 0 Å². The molecular weight excluding hydrogens is 336 g/mol. The van der Waals surface area contributed by atoms with Gasteiger partial charge < -0.3 is 20.5 Å². The molecule has 0 spiro atoms. The normalized spacial score (nSPS) is 10.0. The van der Waals surface area contributed by atoms with Crippen LogP contribution in [0.3, 0.4) is 0 Å². The summed E-state index contributed by atoms with van der Waals surface area (Å²) in [7, 11) is 3.06. The van der Waals surface area contributed by atoms with E-state index in [9.17, 15) is 4.79 Å². The molecular formula is C15H15BrN2O3. The van der Waals surface area contributed by atoms with Crippen LogP contribution in [0.5, 0.6) is 11.5 Å². The maximum Gasteiger partial charge on any atom is 0.259 e. The smallest absolute Gasteiger partial charge is 0.259 e. The second kappa shape index (κ2) is 6.49. The first-order chi connectivity index (χ1) is 10.0. The van der Waals surface area contributed by atoms with E-state index in [2.05, 4.69) is 21.2 Å². The first-order valence-electron chi connectivity index (χ1n) is 6.13. The number of hydrogen-bond acceptors (Lipinski definition) is 4. The predicted molar refractivity (Wildman–Crippen MR) is 86.1 cm³/mol. The zero-order chi connectivity index (χ0) is 15.4. The van der Waals surface area contributed by atoms with Gasteiger partial charge in [-0.05, 0) is 30.3 Å². The Bertz CT molecular complexity index is 674. The highest BCUT2D eigenvalue weighted by atomic mass is 79.9. The van der Waals surface area contributed by atoms with Gasteiger partial charge in [0.25, 0.3) is 5.91 Å². The summed E-state index contributed by atoms with van der Waals surface area (Å²) in [6.45, 7) is 0. The van der Waals surface area contributed by atoms with Crippen LogP contribution < -0.4 is 20.5 Å². The fraction of sp³-hybridized carbons (Fsp3) is 0.133. The first kappa shape index (κ1) is 15.2. The molecule has 2 aromatic carbocycles. The van der Waals surface area contributed by atoms with Gasteiger partial charge in [-0.15, -0.1) is 0 Å². The predicted octanol–water partition coefficient (Wildman–Crippen LogP) is 3.30. The van der Waals surface area contributed by atoms with Crippen LogP contribution in [0, 0.1) is 0 Å². The number of nitrogens with two attached hydrogens (primary N) is 1. The molecule has 110 valence electrons. The Morgan fingerprint density at radius 1 is 1.14 bits per heavy atom. The minimum absolute atomic E-state index is 0.306. The lowest BCUT2D eigenvalue weighted by Gasteiger charge is -2.12. The van der Waals surface area contributed by atoms with Crippen molar-refractivity contribution >= 4 is 33.2 Å². The molecule has 0 aliphatic rings. The number of anilines is 2. The highest BCUT2D eigenvalue weighted by molar-refractivity contribution is 9.10. The van der Waals surface area contributed by atoms with Crippen molar-refractivity contribution in [1.29, 1.82) is 0 Å². The van der Waals surface area contributed by atoms with E-state index in [0.717, 1.165) is 4.47 Å². The Labute approximate surface area is 131 Å². The molecule has 0 fully saturated rings. The number of nitrogen functional groups attached to an aromatic ring is 1. The van der Waals surface area contributed by atoms with Gasteiger partial charge in [-0.1, -0.05) is 15.9 Å². The molecule has 0 unspecified atom stereocenters. The molecule has 6 heteroatoms. The van der Waals surface area contributed by atoms with E-state index < -0.39 is 0 Å². The maximum absolute atomic E-state index is 12.4. The average molecular weight is 351 g/mol. The van der Waals surface area contributed by atoms with Crippen LogP contribution in [-0.2, 0) is 0 Å². The van der Waals surface area contributed by atoms with Gasteiger partial charge in [0.1, 0.15) is 11.5 Å². The van der Waals surface area contributed by atoms with Crippen molar-refractivity contribution in [1.82, 2.24) is 0 Å². The van der Waals surface area contributed by atoms with Gasteiger partial charge in [0, 0.05) is 10.5 Å². The van der Waals surface area contributed by atoms with E-state index >= 15 is 0 Å². The third kappa shape index (κ3) is 3.46. The molecule has 0 heterocycles. The van der Waals surface area contributed by atoms with Crippen molar-refractivity contribution < 1.29 is 14.3 Å². The molecule has 1 amide bonds. The first-order valence-corrected chi connectivity index (χ1v) is 6.93. The molecule has 2 aromatic rings. The van der Waals surface area contributed by atoms with Crippen LogP contribution in [-0.4, -0.2) is 20.1 Å². The van der Waals surface area contributed by atoms with Crippen LogP contribution in [0.15, 0.2) is 40.9 Å². The summed E-state index contributed by atoms with van der Waals surface area (Å²) in [6, 6.07) is 10.2.